The van der Waals surface area contributed by atoms with Gasteiger partial charge in [-0.05, 0) is 49.9 Å². The van der Waals surface area contributed by atoms with Gasteiger partial charge in [-0.1, -0.05) is 31.9 Å². The van der Waals surface area contributed by atoms with Gasteiger partial charge in [0.2, 0.25) is 5.91 Å². The molecule has 0 spiro atoms. The van der Waals surface area contributed by atoms with Gasteiger partial charge in [0.05, 0.1) is 6.04 Å². The molecule has 1 atom stereocenters. The van der Waals surface area contributed by atoms with Gasteiger partial charge in [0.25, 0.3) is 0 Å². The second kappa shape index (κ2) is 8.98. The van der Waals surface area contributed by atoms with Crippen LogP contribution in [0.2, 0.25) is 0 Å². The number of unbranched alkanes of at least 4 members (excludes halogenated alkanes) is 1. The first-order valence-corrected chi connectivity index (χ1v) is 7.43. The summed E-state index contributed by atoms with van der Waals surface area (Å²) in [6.07, 6.45) is 6.82. The van der Waals surface area contributed by atoms with Crippen molar-refractivity contribution in [2.45, 2.75) is 51.5 Å². The van der Waals surface area contributed by atoms with Gasteiger partial charge in [0.1, 0.15) is 0 Å². The van der Waals surface area contributed by atoms with Crippen LogP contribution in [0.1, 0.15) is 44.6 Å². The molecule has 1 heterocycles. The van der Waals surface area contributed by atoms with Gasteiger partial charge in [-0.15, -0.1) is 12.4 Å². The quantitative estimate of drug-likeness (QED) is 0.873. The minimum atomic E-state index is -0.0199. The molecule has 2 N–H and O–H groups in total. The van der Waals surface area contributed by atoms with Gasteiger partial charge in [-0.3, -0.25) is 4.79 Å². The molecule has 1 aliphatic heterocycles. The molecular formula is C16H25ClN2O. The van der Waals surface area contributed by atoms with Crippen molar-refractivity contribution in [1.29, 1.82) is 0 Å². The fourth-order valence-electron chi connectivity index (χ4n) is 2.44. The Bertz CT molecular complexity index is 399. The summed E-state index contributed by atoms with van der Waals surface area (Å²) >= 11 is 0. The van der Waals surface area contributed by atoms with Crippen molar-refractivity contribution in [3.8, 4) is 0 Å². The lowest BCUT2D eigenvalue weighted by molar-refractivity contribution is -0.118. The van der Waals surface area contributed by atoms with Crippen molar-refractivity contribution >= 4 is 24.0 Å². The van der Waals surface area contributed by atoms with E-state index in [-0.39, 0.29) is 24.4 Å². The average molecular weight is 297 g/mol. The molecule has 1 fully saturated rings. The number of amides is 1. The van der Waals surface area contributed by atoms with E-state index < -0.39 is 0 Å². The molecule has 20 heavy (non-hydrogen) atoms. The Kier molecular flexibility index (Phi) is 7.63. The third kappa shape index (κ3) is 5.14. The average Bonchev–Trinajstić information content (AvgIpc) is 2.47. The van der Waals surface area contributed by atoms with Crippen LogP contribution in [-0.4, -0.2) is 18.5 Å². The summed E-state index contributed by atoms with van der Waals surface area (Å²) < 4.78 is 0. The molecule has 4 heteroatoms. The maximum absolute atomic E-state index is 12.1. The van der Waals surface area contributed by atoms with Crippen LogP contribution in [0.25, 0.3) is 0 Å². The van der Waals surface area contributed by atoms with Crippen LogP contribution in [0.3, 0.4) is 0 Å². The number of carbonyl (C=O) groups excluding carboxylic acids is 1. The van der Waals surface area contributed by atoms with Gasteiger partial charge >= 0.3 is 0 Å². The molecule has 1 aromatic carbocycles. The maximum atomic E-state index is 12.1. The SMILES string of the molecule is CCCCc1ccc(NC(=O)C2CCCCN2)cc1.Cl. The zero-order chi connectivity index (χ0) is 13.5. The monoisotopic (exact) mass is 296 g/mol. The molecular weight excluding hydrogens is 272 g/mol. The summed E-state index contributed by atoms with van der Waals surface area (Å²) in [5.74, 6) is 0.0982. The number of hydrogen-bond acceptors (Lipinski definition) is 2. The van der Waals surface area contributed by atoms with E-state index in [0.717, 1.165) is 31.5 Å². The topological polar surface area (TPSA) is 41.1 Å². The molecule has 0 aromatic heterocycles. The standard InChI is InChI=1S/C16H24N2O.ClH/c1-2-3-6-13-8-10-14(11-9-13)18-16(19)15-7-4-5-12-17-15;/h8-11,15,17H,2-7,12H2,1H3,(H,18,19);1H. The van der Waals surface area contributed by atoms with E-state index in [2.05, 4.69) is 29.7 Å². The van der Waals surface area contributed by atoms with E-state index in [0.29, 0.717) is 0 Å². The number of carbonyl (C=O) groups is 1. The molecule has 112 valence electrons. The lowest BCUT2D eigenvalue weighted by Crippen LogP contribution is -2.43. The number of benzene rings is 1. The molecule has 0 saturated carbocycles. The second-order valence-electron chi connectivity index (χ2n) is 5.29. The lowest BCUT2D eigenvalue weighted by Gasteiger charge is -2.22. The minimum absolute atomic E-state index is 0. The number of anilines is 1. The number of aryl methyl sites for hydroxylation is 1. The van der Waals surface area contributed by atoms with E-state index >= 15 is 0 Å². The maximum Gasteiger partial charge on any atom is 0.241 e. The van der Waals surface area contributed by atoms with Crippen LogP contribution in [0.4, 0.5) is 5.69 Å². The third-order valence-corrected chi connectivity index (χ3v) is 3.67. The van der Waals surface area contributed by atoms with Crippen LogP contribution >= 0.6 is 12.4 Å². The smallest absolute Gasteiger partial charge is 0.241 e. The van der Waals surface area contributed by atoms with Gasteiger partial charge in [0, 0.05) is 5.69 Å². The number of hydrogen-bond donors (Lipinski definition) is 2. The highest BCUT2D eigenvalue weighted by Crippen LogP contribution is 2.14. The van der Waals surface area contributed by atoms with E-state index in [1.165, 1.54) is 24.8 Å². The summed E-state index contributed by atoms with van der Waals surface area (Å²) in [5.41, 5.74) is 2.24. The number of nitrogens with one attached hydrogen (secondary N) is 2. The highest BCUT2D eigenvalue weighted by atomic mass is 35.5. The molecule has 3 nitrogen and oxygen atoms in total. The van der Waals surface area contributed by atoms with Crippen molar-refractivity contribution in [3.05, 3.63) is 29.8 Å². The zero-order valence-corrected chi connectivity index (χ0v) is 13.0. The van der Waals surface area contributed by atoms with Crippen molar-refractivity contribution < 1.29 is 4.79 Å². The van der Waals surface area contributed by atoms with E-state index in [9.17, 15) is 4.79 Å². The third-order valence-electron chi connectivity index (χ3n) is 3.67. The minimum Gasteiger partial charge on any atom is -0.325 e. The predicted octanol–water partition coefficient (Wildman–Crippen LogP) is 3.53. The Hall–Kier alpha value is -1.06. The fourth-order valence-corrected chi connectivity index (χ4v) is 2.44. The Morgan fingerprint density at radius 2 is 2.05 bits per heavy atom. The van der Waals surface area contributed by atoms with Crippen molar-refractivity contribution in [1.82, 2.24) is 5.32 Å². The summed E-state index contributed by atoms with van der Waals surface area (Å²) in [5, 5.41) is 6.26. The number of halogens is 1. The normalized spacial score (nSPS) is 18.1. The molecule has 0 bridgehead atoms. The van der Waals surface area contributed by atoms with E-state index in [1.807, 2.05) is 12.1 Å². The largest absolute Gasteiger partial charge is 0.325 e. The Morgan fingerprint density at radius 3 is 2.65 bits per heavy atom. The van der Waals surface area contributed by atoms with Crippen LogP contribution in [-0.2, 0) is 11.2 Å². The first-order chi connectivity index (χ1) is 9.29. The molecule has 1 unspecified atom stereocenters. The number of piperidine rings is 1. The van der Waals surface area contributed by atoms with Crippen molar-refractivity contribution in [2.24, 2.45) is 0 Å². The molecule has 2 rings (SSSR count). The number of rotatable bonds is 5. The molecule has 1 aliphatic rings. The zero-order valence-electron chi connectivity index (χ0n) is 12.2. The summed E-state index contributed by atoms with van der Waals surface area (Å²) in [7, 11) is 0. The van der Waals surface area contributed by atoms with Gasteiger partial charge in [0.15, 0.2) is 0 Å². The predicted molar refractivity (Wildman–Crippen MR) is 86.6 cm³/mol. The van der Waals surface area contributed by atoms with Crippen LogP contribution in [0, 0.1) is 0 Å². The summed E-state index contributed by atoms with van der Waals surface area (Å²) in [6, 6.07) is 8.21. The summed E-state index contributed by atoms with van der Waals surface area (Å²) in [6.45, 7) is 3.15. The summed E-state index contributed by atoms with van der Waals surface area (Å²) in [4.78, 5) is 12.1. The highest BCUT2D eigenvalue weighted by molar-refractivity contribution is 5.94. The Balaban J connectivity index is 0.00000200. The molecule has 0 radical (unpaired) electrons. The fraction of sp³-hybridized carbons (Fsp3) is 0.562. The van der Waals surface area contributed by atoms with Crippen molar-refractivity contribution in [3.63, 3.8) is 0 Å². The Labute approximate surface area is 127 Å². The first-order valence-electron chi connectivity index (χ1n) is 7.43. The van der Waals surface area contributed by atoms with Crippen LogP contribution in [0.5, 0.6) is 0 Å². The van der Waals surface area contributed by atoms with E-state index in [1.54, 1.807) is 0 Å². The van der Waals surface area contributed by atoms with Crippen LogP contribution in [0.15, 0.2) is 24.3 Å². The molecule has 1 amide bonds. The van der Waals surface area contributed by atoms with E-state index in [4.69, 9.17) is 0 Å². The first kappa shape index (κ1) is 17.0. The van der Waals surface area contributed by atoms with Crippen LogP contribution < -0.4 is 10.6 Å². The van der Waals surface area contributed by atoms with Gasteiger partial charge in [-0.25, -0.2) is 0 Å². The molecule has 0 aliphatic carbocycles. The van der Waals surface area contributed by atoms with Gasteiger partial charge in [-0.2, -0.15) is 0 Å². The highest BCUT2D eigenvalue weighted by Gasteiger charge is 2.20. The molecule has 1 saturated heterocycles. The lowest BCUT2D eigenvalue weighted by atomic mass is 10.0. The molecule has 1 aromatic rings. The second-order valence-corrected chi connectivity index (χ2v) is 5.29. The Morgan fingerprint density at radius 1 is 1.30 bits per heavy atom. The van der Waals surface area contributed by atoms with Gasteiger partial charge < -0.3 is 10.6 Å². The van der Waals surface area contributed by atoms with Crippen molar-refractivity contribution in [2.75, 3.05) is 11.9 Å².